The van der Waals surface area contributed by atoms with Gasteiger partial charge in [-0.1, -0.05) is 46.4 Å². The fourth-order valence-electron chi connectivity index (χ4n) is 2.32. The SMILES string of the molecule is COC(=O)[C@@H]1C[C@H]2C(Cl)=C(Cl)[C@]1(Cl)C2(Cl)Cl. The van der Waals surface area contributed by atoms with Gasteiger partial charge in [-0.2, -0.15) is 0 Å². The van der Waals surface area contributed by atoms with E-state index in [0.717, 1.165) is 0 Å². The number of esters is 1. The Kier molecular flexibility index (Phi) is 3.13. The number of hydrogen-bond donors (Lipinski definition) is 0. The maximum atomic E-state index is 11.6. The minimum Gasteiger partial charge on any atom is -0.469 e. The molecule has 2 bridgehead atoms. The number of methoxy groups -OCH3 is 1. The number of hydrogen-bond acceptors (Lipinski definition) is 2. The normalized spacial score (nSPS) is 40.4. The second-order valence-corrected chi connectivity index (χ2v) is 6.63. The number of carbonyl (C=O) groups is 1. The smallest absolute Gasteiger partial charge is 0.310 e. The lowest BCUT2D eigenvalue weighted by Gasteiger charge is -2.31. The van der Waals surface area contributed by atoms with E-state index in [4.69, 9.17) is 58.0 Å². The molecule has 0 aromatic carbocycles. The predicted molar refractivity (Wildman–Crippen MR) is 65.4 cm³/mol. The van der Waals surface area contributed by atoms with Crippen LogP contribution in [0.4, 0.5) is 0 Å². The Balaban J connectivity index is 2.51. The molecule has 2 aliphatic carbocycles. The molecule has 0 radical (unpaired) electrons. The molecular formula is C9H7Cl5O2. The summed E-state index contributed by atoms with van der Waals surface area (Å²) in [5.74, 6) is -1.58. The molecule has 0 amide bonds. The highest BCUT2D eigenvalue weighted by Gasteiger charge is 2.73. The quantitative estimate of drug-likeness (QED) is 0.544. The van der Waals surface area contributed by atoms with Crippen LogP contribution in [0.25, 0.3) is 0 Å². The van der Waals surface area contributed by atoms with E-state index >= 15 is 0 Å². The van der Waals surface area contributed by atoms with Crippen molar-refractivity contribution in [2.45, 2.75) is 15.6 Å². The van der Waals surface area contributed by atoms with Crippen LogP contribution in [0, 0.1) is 11.8 Å². The van der Waals surface area contributed by atoms with Crippen LogP contribution in [0.15, 0.2) is 10.1 Å². The van der Waals surface area contributed by atoms with E-state index in [1.54, 1.807) is 0 Å². The molecule has 0 spiro atoms. The van der Waals surface area contributed by atoms with Gasteiger partial charge in [-0.25, -0.2) is 0 Å². The Hall–Kier alpha value is 0.660. The van der Waals surface area contributed by atoms with E-state index in [-0.39, 0.29) is 5.03 Å². The Bertz CT molecular complexity index is 391. The minimum absolute atomic E-state index is 0.146. The summed E-state index contributed by atoms with van der Waals surface area (Å²) in [6, 6.07) is 0. The first kappa shape index (κ1) is 13.1. The van der Waals surface area contributed by atoms with E-state index in [9.17, 15) is 4.79 Å². The van der Waals surface area contributed by atoms with E-state index in [1.165, 1.54) is 7.11 Å². The molecule has 1 fully saturated rings. The van der Waals surface area contributed by atoms with Crippen LogP contribution >= 0.6 is 58.0 Å². The second-order valence-electron chi connectivity index (χ2n) is 3.86. The summed E-state index contributed by atoms with van der Waals surface area (Å²) >= 11 is 30.7. The monoisotopic (exact) mass is 322 g/mol. The summed E-state index contributed by atoms with van der Waals surface area (Å²) in [4.78, 5) is 10.2. The first-order chi connectivity index (χ1) is 7.28. The summed E-state index contributed by atoms with van der Waals surface area (Å²) in [6.07, 6.45) is 0.345. The molecule has 2 rings (SSSR count). The van der Waals surface area contributed by atoms with Gasteiger partial charge in [0.25, 0.3) is 0 Å². The highest BCUT2D eigenvalue weighted by atomic mass is 35.5. The summed E-state index contributed by atoms with van der Waals surface area (Å²) < 4.78 is 3.29. The van der Waals surface area contributed by atoms with E-state index < -0.39 is 27.0 Å². The highest BCUT2D eigenvalue weighted by Crippen LogP contribution is 2.70. The Morgan fingerprint density at radius 3 is 2.31 bits per heavy atom. The second kappa shape index (κ2) is 3.83. The zero-order chi connectivity index (χ0) is 12.3. The number of carbonyl (C=O) groups excluding carboxylic acids is 1. The summed E-state index contributed by atoms with van der Waals surface area (Å²) in [7, 11) is 1.28. The first-order valence-corrected chi connectivity index (χ1v) is 6.37. The largest absolute Gasteiger partial charge is 0.469 e. The topological polar surface area (TPSA) is 26.3 Å². The molecule has 0 unspecified atom stereocenters. The van der Waals surface area contributed by atoms with Gasteiger partial charge in [0.15, 0.2) is 4.33 Å². The van der Waals surface area contributed by atoms with E-state index in [0.29, 0.717) is 11.5 Å². The van der Waals surface area contributed by atoms with Crippen molar-refractivity contribution < 1.29 is 9.53 Å². The van der Waals surface area contributed by atoms with Gasteiger partial charge >= 0.3 is 5.97 Å². The van der Waals surface area contributed by atoms with Gasteiger partial charge in [-0.3, -0.25) is 4.79 Å². The van der Waals surface area contributed by atoms with Crippen LogP contribution in [0.1, 0.15) is 6.42 Å². The van der Waals surface area contributed by atoms with Crippen LogP contribution < -0.4 is 0 Å². The lowest BCUT2D eigenvalue weighted by atomic mass is 9.92. The number of allylic oxidation sites excluding steroid dienone is 2. The zero-order valence-corrected chi connectivity index (χ0v) is 11.8. The summed E-state index contributed by atoms with van der Waals surface area (Å²) in [5.41, 5.74) is 0. The molecule has 0 aromatic rings. The lowest BCUT2D eigenvalue weighted by Crippen LogP contribution is -2.43. The number of alkyl halides is 3. The molecule has 7 heteroatoms. The van der Waals surface area contributed by atoms with Crippen molar-refractivity contribution in [1.82, 2.24) is 0 Å². The number of fused-ring (bicyclic) bond motifs is 2. The maximum Gasteiger partial charge on any atom is 0.310 e. The molecule has 3 atom stereocenters. The molecule has 0 saturated heterocycles. The van der Waals surface area contributed by atoms with Gasteiger partial charge in [0.2, 0.25) is 0 Å². The molecule has 0 aliphatic heterocycles. The van der Waals surface area contributed by atoms with Crippen LogP contribution in [0.2, 0.25) is 0 Å². The third kappa shape index (κ3) is 1.31. The summed E-state index contributed by atoms with van der Waals surface area (Å²) in [5, 5.41) is 0.481. The van der Waals surface area contributed by atoms with Crippen molar-refractivity contribution in [3.63, 3.8) is 0 Å². The van der Waals surface area contributed by atoms with Gasteiger partial charge in [0.05, 0.1) is 18.1 Å². The van der Waals surface area contributed by atoms with Gasteiger partial charge in [0, 0.05) is 11.0 Å². The molecule has 16 heavy (non-hydrogen) atoms. The van der Waals surface area contributed by atoms with Crippen molar-refractivity contribution >= 4 is 64.0 Å². The van der Waals surface area contributed by atoms with Crippen LogP contribution in [-0.2, 0) is 9.53 Å². The minimum atomic E-state index is -1.38. The van der Waals surface area contributed by atoms with Crippen LogP contribution in [-0.4, -0.2) is 22.3 Å². The van der Waals surface area contributed by atoms with Crippen molar-refractivity contribution in [3.8, 4) is 0 Å². The molecule has 0 aromatic heterocycles. The molecule has 0 N–H and O–H groups in total. The van der Waals surface area contributed by atoms with Crippen molar-refractivity contribution in [2.24, 2.45) is 11.8 Å². The molecule has 2 nitrogen and oxygen atoms in total. The Morgan fingerprint density at radius 1 is 1.38 bits per heavy atom. The van der Waals surface area contributed by atoms with Crippen molar-refractivity contribution in [2.75, 3.05) is 7.11 Å². The number of halogens is 5. The Morgan fingerprint density at radius 2 is 1.94 bits per heavy atom. The third-order valence-electron chi connectivity index (χ3n) is 3.20. The molecule has 2 aliphatic rings. The molecule has 0 heterocycles. The number of ether oxygens (including phenoxy) is 1. The van der Waals surface area contributed by atoms with Gasteiger partial charge in [0.1, 0.15) is 4.87 Å². The van der Waals surface area contributed by atoms with E-state index in [1.807, 2.05) is 0 Å². The first-order valence-electron chi connectivity index (χ1n) is 4.48. The van der Waals surface area contributed by atoms with Crippen LogP contribution in [0.3, 0.4) is 0 Å². The fraction of sp³-hybridized carbons (Fsp3) is 0.667. The highest BCUT2D eigenvalue weighted by molar-refractivity contribution is 6.60. The van der Waals surface area contributed by atoms with Gasteiger partial charge in [-0.05, 0) is 6.42 Å². The molecule has 90 valence electrons. The maximum absolute atomic E-state index is 11.6. The fourth-order valence-corrected chi connectivity index (χ4v) is 4.65. The standard InChI is InChI=1S/C9H7Cl5O2/c1-16-7(15)4-2-3-5(10)6(11)8(4,12)9(3,13)14/h3-4H,2H2,1H3/t3-,4-,8-/m0/s1. The van der Waals surface area contributed by atoms with Gasteiger partial charge < -0.3 is 4.74 Å². The third-order valence-corrected chi connectivity index (χ3v) is 6.41. The lowest BCUT2D eigenvalue weighted by molar-refractivity contribution is -0.145. The number of rotatable bonds is 1. The summed E-state index contributed by atoms with van der Waals surface area (Å²) in [6.45, 7) is 0. The zero-order valence-electron chi connectivity index (χ0n) is 8.07. The van der Waals surface area contributed by atoms with Crippen LogP contribution in [0.5, 0.6) is 0 Å². The van der Waals surface area contributed by atoms with E-state index in [2.05, 4.69) is 4.74 Å². The average Bonchev–Trinajstić information content (AvgIpc) is 2.51. The van der Waals surface area contributed by atoms with Crippen molar-refractivity contribution in [1.29, 1.82) is 0 Å². The molecular weight excluding hydrogens is 317 g/mol. The molecule has 1 saturated carbocycles. The van der Waals surface area contributed by atoms with Gasteiger partial charge in [-0.15, -0.1) is 11.6 Å². The van der Waals surface area contributed by atoms with Crippen molar-refractivity contribution in [3.05, 3.63) is 10.1 Å². The predicted octanol–water partition coefficient (Wildman–Crippen LogP) is 3.65. The Labute approximate surface area is 118 Å². The average molecular weight is 324 g/mol.